The summed E-state index contributed by atoms with van der Waals surface area (Å²) in [5, 5.41) is 5.01. The van der Waals surface area contributed by atoms with Crippen molar-refractivity contribution < 1.29 is 18.0 Å². The molecule has 3 aromatic rings. The van der Waals surface area contributed by atoms with Crippen molar-refractivity contribution in [3.63, 3.8) is 0 Å². The number of rotatable bonds is 5. The summed E-state index contributed by atoms with van der Waals surface area (Å²) in [4.78, 5) is 19.3. The van der Waals surface area contributed by atoms with Gasteiger partial charge in [0.05, 0.1) is 24.0 Å². The molecule has 6 nitrogen and oxygen atoms in total. The molecule has 188 valence electrons. The quantitative estimate of drug-likeness (QED) is 0.498. The smallest absolute Gasteiger partial charge is 0.297 e. The number of benzene rings is 2. The molecular formula is C26H25ClF3N5O. The highest BCUT2D eigenvalue weighted by molar-refractivity contribution is 6.30. The molecule has 0 unspecified atom stereocenters. The molecule has 1 fully saturated rings. The van der Waals surface area contributed by atoms with Gasteiger partial charge in [-0.3, -0.25) is 19.5 Å². The molecule has 0 saturated carbocycles. The molecule has 2 aromatic carbocycles. The van der Waals surface area contributed by atoms with E-state index in [-0.39, 0.29) is 19.0 Å². The minimum absolute atomic E-state index is 0.0674. The summed E-state index contributed by atoms with van der Waals surface area (Å²) in [5.74, 6) is 0.485. The third-order valence-corrected chi connectivity index (χ3v) is 6.78. The molecule has 2 aliphatic heterocycles. The fourth-order valence-electron chi connectivity index (χ4n) is 4.60. The van der Waals surface area contributed by atoms with Crippen molar-refractivity contribution in [3.8, 4) is 0 Å². The van der Waals surface area contributed by atoms with Crippen LogP contribution < -0.4 is 4.90 Å². The van der Waals surface area contributed by atoms with Gasteiger partial charge in [0, 0.05) is 55.9 Å². The van der Waals surface area contributed by atoms with Crippen molar-refractivity contribution in [2.75, 3.05) is 44.2 Å². The van der Waals surface area contributed by atoms with E-state index in [1.807, 2.05) is 24.3 Å². The van der Waals surface area contributed by atoms with Crippen molar-refractivity contribution in [1.82, 2.24) is 19.6 Å². The van der Waals surface area contributed by atoms with Crippen LogP contribution in [0, 0.1) is 0 Å². The molecule has 2 aliphatic rings. The largest absolute Gasteiger partial charge is 0.416 e. The fourth-order valence-corrected chi connectivity index (χ4v) is 4.72. The lowest BCUT2D eigenvalue weighted by molar-refractivity contribution is -0.137. The SMILES string of the molecule is O=C(CN1CCN(Cc2ccc(Cl)cc2)CC1)N1CC=C(c2cccc(C(F)(F)F)c2)n2nccc21. The Hall–Kier alpha value is -3.14. The second-order valence-electron chi connectivity index (χ2n) is 8.95. The topological polar surface area (TPSA) is 44.6 Å². The Morgan fingerprint density at radius 2 is 1.69 bits per heavy atom. The van der Waals surface area contributed by atoms with E-state index < -0.39 is 11.7 Å². The molecule has 0 atom stereocenters. The maximum absolute atomic E-state index is 13.2. The maximum atomic E-state index is 13.2. The van der Waals surface area contributed by atoms with E-state index in [1.165, 1.54) is 16.3 Å². The summed E-state index contributed by atoms with van der Waals surface area (Å²) in [7, 11) is 0. The molecule has 10 heteroatoms. The van der Waals surface area contributed by atoms with Gasteiger partial charge < -0.3 is 0 Å². The average Bonchev–Trinajstić information content (AvgIpc) is 3.36. The molecular weight excluding hydrogens is 491 g/mol. The van der Waals surface area contributed by atoms with Gasteiger partial charge in [-0.2, -0.15) is 18.3 Å². The first-order valence-electron chi connectivity index (χ1n) is 11.7. The molecule has 5 rings (SSSR count). The van der Waals surface area contributed by atoms with Crippen molar-refractivity contribution in [1.29, 1.82) is 0 Å². The third kappa shape index (κ3) is 5.33. The molecule has 1 amide bonds. The summed E-state index contributed by atoms with van der Waals surface area (Å²) in [5.41, 5.74) is 1.41. The molecule has 0 N–H and O–H groups in total. The van der Waals surface area contributed by atoms with E-state index in [1.54, 1.807) is 29.3 Å². The Labute approximate surface area is 212 Å². The van der Waals surface area contributed by atoms with Crippen LogP contribution in [0.1, 0.15) is 16.7 Å². The zero-order chi connectivity index (χ0) is 25.3. The van der Waals surface area contributed by atoms with E-state index in [2.05, 4.69) is 14.9 Å². The number of piperazine rings is 1. The van der Waals surface area contributed by atoms with Crippen molar-refractivity contribution in [3.05, 3.63) is 88.6 Å². The highest BCUT2D eigenvalue weighted by Gasteiger charge is 2.32. The fraction of sp³-hybridized carbons (Fsp3) is 0.308. The minimum Gasteiger partial charge on any atom is -0.297 e. The highest BCUT2D eigenvalue weighted by atomic mass is 35.5. The number of aromatic nitrogens is 2. The monoisotopic (exact) mass is 515 g/mol. The summed E-state index contributed by atoms with van der Waals surface area (Å²) in [6, 6.07) is 14.7. The Kier molecular flexibility index (Phi) is 6.87. The lowest BCUT2D eigenvalue weighted by Gasteiger charge is -2.36. The zero-order valence-electron chi connectivity index (χ0n) is 19.5. The Balaban J connectivity index is 1.22. The van der Waals surface area contributed by atoms with Gasteiger partial charge >= 0.3 is 6.18 Å². The number of fused-ring (bicyclic) bond motifs is 1. The first-order chi connectivity index (χ1) is 17.3. The van der Waals surface area contributed by atoms with Gasteiger partial charge in [0.1, 0.15) is 5.82 Å². The van der Waals surface area contributed by atoms with Crippen LogP contribution >= 0.6 is 11.6 Å². The van der Waals surface area contributed by atoms with Crippen molar-refractivity contribution in [2.45, 2.75) is 12.7 Å². The number of halogens is 4. The first kappa shape index (κ1) is 24.5. The number of hydrogen-bond acceptors (Lipinski definition) is 4. The second-order valence-corrected chi connectivity index (χ2v) is 9.39. The van der Waals surface area contributed by atoms with Gasteiger partial charge in [-0.1, -0.05) is 35.9 Å². The maximum Gasteiger partial charge on any atom is 0.416 e. The number of alkyl halides is 3. The summed E-state index contributed by atoms with van der Waals surface area (Å²) >= 11 is 5.97. The van der Waals surface area contributed by atoms with Crippen LogP contribution in [-0.2, 0) is 17.5 Å². The third-order valence-electron chi connectivity index (χ3n) is 6.52. The van der Waals surface area contributed by atoms with Gasteiger partial charge in [-0.05, 0) is 35.9 Å². The van der Waals surface area contributed by atoms with E-state index in [9.17, 15) is 18.0 Å². The van der Waals surface area contributed by atoms with Crippen LogP contribution in [0.2, 0.25) is 5.02 Å². The zero-order valence-corrected chi connectivity index (χ0v) is 20.2. The summed E-state index contributed by atoms with van der Waals surface area (Å²) in [6.07, 6.45) is -1.13. The predicted octanol–water partition coefficient (Wildman–Crippen LogP) is 4.61. The Morgan fingerprint density at radius 3 is 2.42 bits per heavy atom. The van der Waals surface area contributed by atoms with Crippen LogP contribution in [0.25, 0.3) is 5.70 Å². The van der Waals surface area contributed by atoms with E-state index >= 15 is 0 Å². The lowest BCUT2D eigenvalue weighted by atomic mass is 10.1. The number of hydrogen-bond donors (Lipinski definition) is 0. The highest BCUT2D eigenvalue weighted by Crippen LogP contribution is 2.33. The lowest BCUT2D eigenvalue weighted by Crippen LogP contribution is -2.50. The van der Waals surface area contributed by atoms with Gasteiger partial charge in [0.15, 0.2) is 0 Å². The molecule has 0 radical (unpaired) electrons. The molecule has 3 heterocycles. The molecule has 1 aromatic heterocycles. The molecule has 0 bridgehead atoms. The standard InChI is InChI=1S/C26H25ClF3N5O/c27-22-6-4-19(5-7-22)17-32-12-14-33(15-13-32)18-25(36)34-11-9-23(35-24(34)8-10-31-35)20-2-1-3-21(16-20)26(28,29)30/h1-10,16H,11-15,17-18H2. The number of amides is 1. The summed E-state index contributed by atoms with van der Waals surface area (Å²) < 4.78 is 41.1. The van der Waals surface area contributed by atoms with Gasteiger partial charge in [-0.25, -0.2) is 4.68 Å². The van der Waals surface area contributed by atoms with Gasteiger partial charge in [-0.15, -0.1) is 0 Å². The Bertz CT molecular complexity index is 1260. The van der Waals surface area contributed by atoms with Crippen LogP contribution in [-0.4, -0.2) is 64.8 Å². The molecule has 1 saturated heterocycles. The van der Waals surface area contributed by atoms with Crippen molar-refractivity contribution in [2.24, 2.45) is 0 Å². The Morgan fingerprint density at radius 1 is 0.972 bits per heavy atom. The normalized spacial score (nSPS) is 17.1. The number of anilines is 1. The van der Waals surface area contributed by atoms with E-state index in [0.29, 0.717) is 17.1 Å². The first-order valence-corrected chi connectivity index (χ1v) is 12.1. The van der Waals surface area contributed by atoms with Crippen LogP contribution in [0.5, 0.6) is 0 Å². The molecule has 0 aliphatic carbocycles. The van der Waals surface area contributed by atoms with Crippen molar-refractivity contribution >= 4 is 29.0 Å². The number of carbonyl (C=O) groups is 1. The second kappa shape index (κ2) is 10.1. The predicted molar refractivity (Wildman–Crippen MR) is 133 cm³/mol. The number of nitrogens with zero attached hydrogens (tertiary/aromatic N) is 5. The van der Waals surface area contributed by atoms with Gasteiger partial charge in [0.25, 0.3) is 0 Å². The number of carbonyl (C=O) groups excluding carboxylic acids is 1. The summed E-state index contributed by atoms with van der Waals surface area (Å²) in [6.45, 7) is 4.64. The molecule has 0 spiro atoms. The van der Waals surface area contributed by atoms with Gasteiger partial charge in [0.2, 0.25) is 5.91 Å². The van der Waals surface area contributed by atoms with E-state index in [4.69, 9.17) is 11.6 Å². The minimum atomic E-state index is -4.43. The van der Waals surface area contributed by atoms with Crippen LogP contribution in [0.4, 0.5) is 19.0 Å². The molecule has 36 heavy (non-hydrogen) atoms. The van der Waals surface area contributed by atoms with Crippen LogP contribution in [0.3, 0.4) is 0 Å². The average molecular weight is 516 g/mol. The van der Waals surface area contributed by atoms with E-state index in [0.717, 1.165) is 49.9 Å². The van der Waals surface area contributed by atoms with Crippen LogP contribution in [0.15, 0.2) is 66.9 Å².